The molecular formula is C11H10FNO. The quantitative estimate of drug-likeness (QED) is 0.692. The van der Waals surface area contributed by atoms with E-state index in [-0.39, 0.29) is 5.82 Å². The molecule has 1 heterocycles. The molecule has 0 atom stereocenters. The molecule has 0 radical (unpaired) electrons. The van der Waals surface area contributed by atoms with Gasteiger partial charge in [0.05, 0.1) is 5.69 Å². The molecule has 2 rings (SSSR count). The Kier molecular flexibility index (Phi) is 2.08. The van der Waals surface area contributed by atoms with Crippen LogP contribution in [0, 0.1) is 19.7 Å². The van der Waals surface area contributed by atoms with Gasteiger partial charge in [0.1, 0.15) is 5.82 Å². The maximum Gasteiger partial charge on any atom is 0.167 e. The van der Waals surface area contributed by atoms with Crippen LogP contribution in [0.5, 0.6) is 0 Å². The Labute approximate surface area is 81.3 Å². The van der Waals surface area contributed by atoms with Crippen LogP contribution in [0.4, 0.5) is 4.39 Å². The highest BCUT2D eigenvalue weighted by Gasteiger charge is 2.05. The molecule has 0 N–H and O–H groups in total. The third-order valence-corrected chi connectivity index (χ3v) is 2.07. The third-order valence-electron chi connectivity index (χ3n) is 2.07. The van der Waals surface area contributed by atoms with Crippen molar-refractivity contribution in [3.63, 3.8) is 0 Å². The van der Waals surface area contributed by atoms with Crippen LogP contribution in [0.1, 0.15) is 11.3 Å². The first-order valence-electron chi connectivity index (χ1n) is 4.36. The zero-order chi connectivity index (χ0) is 10.1. The number of nitrogens with zero attached hydrogens (tertiary/aromatic N) is 1. The van der Waals surface area contributed by atoms with Gasteiger partial charge >= 0.3 is 0 Å². The van der Waals surface area contributed by atoms with Gasteiger partial charge in [0.2, 0.25) is 0 Å². The fraction of sp³-hybridized carbons (Fsp3) is 0.182. The lowest BCUT2D eigenvalue weighted by atomic mass is 10.1. The topological polar surface area (TPSA) is 26.0 Å². The highest BCUT2D eigenvalue weighted by atomic mass is 19.1. The molecule has 0 spiro atoms. The van der Waals surface area contributed by atoms with Crippen molar-refractivity contribution < 1.29 is 8.91 Å². The van der Waals surface area contributed by atoms with Gasteiger partial charge in [0.25, 0.3) is 0 Å². The van der Waals surface area contributed by atoms with Gasteiger partial charge in [-0.3, -0.25) is 0 Å². The largest absolute Gasteiger partial charge is 0.356 e. The normalized spacial score (nSPS) is 10.5. The van der Waals surface area contributed by atoms with Crippen LogP contribution in [-0.2, 0) is 0 Å². The van der Waals surface area contributed by atoms with E-state index in [2.05, 4.69) is 5.16 Å². The Morgan fingerprint density at radius 1 is 1.21 bits per heavy atom. The van der Waals surface area contributed by atoms with Crippen molar-refractivity contribution in [2.24, 2.45) is 0 Å². The standard InChI is InChI=1S/C11H10FNO/c1-7-5-9(3-4-10(7)12)11-6-8(2)13-14-11/h3-6H,1-2H3. The Morgan fingerprint density at radius 3 is 2.57 bits per heavy atom. The van der Waals surface area contributed by atoms with Crippen molar-refractivity contribution in [1.29, 1.82) is 0 Å². The molecule has 0 aliphatic carbocycles. The van der Waals surface area contributed by atoms with Crippen molar-refractivity contribution >= 4 is 0 Å². The van der Waals surface area contributed by atoms with E-state index in [4.69, 9.17) is 4.52 Å². The van der Waals surface area contributed by atoms with E-state index < -0.39 is 0 Å². The van der Waals surface area contributed by atoms with Gasteiger partial charge in [0.15, 0.2) is 5.76 Å². The van der Waals surface area contributed by atoms with Gasteiger partial charge in [0, 0.05) is 11.6 Å². The van der Waals surface area contributed by atoms with Crippen LogP contribution in [-0.4, -0.2) is 5.16 Å². The number of hydrogen-bond acceptors (Lipinski definition) is 2. The summed E-state index contributed by atoms with van der Waals surface area (Å²) in [6.45, 7) is 3.57. The summed E-state index contributed by atoms with van der Waals surface area (Å²) in [5.74, 6) is 0.468. The summed E-state index contributed by atoms with van der Waals surface area (Å²) in [7, 11) is 0. The fourth-order valence-electron chi connectivity index (χ4n) is 1.30. The predicted molar refractivity (Wildman–Crippen MR) is 51.4 cm³/mol. The number of halogens is 1. The zero-order valence-electron chi connectivity index (χ0n) is 8.04. The van der Waals surface area contributed by atoms with Crippen LogP contribution >= 0.6 is 0 Å². The number of aryl methyl sites for hydroxylation is 2. The summed E-state index contributed by atoms with van der Waals surface area (Å²) in [5.41, 5.74) is 2.28. The lowest BCUT2D eigenvalue weighted by molar-refractivity contribution is 0.427. The monoisotopic (exact) mass is 191 g/mol. The van der Waals surface area contributed by atoms with E-state index >= 15 is 0 Å². The summed E-state index contributed by atoms with van der Waals surface area (Å²) in [6.07, 6.45) is 0. The summed E-state index contributed by atoms with van der Waals surface area (Å²) in [4.78, 5) is 0. The number of rotatable bonds is 1. The molecule has 0 saturated heterocycles. The van der Waals surface area contributed by atoms with E-state index in [0.717, 1.165) is 11.3 Å². The van der Waals surface area contributed by atoms with Crippen LogP contribution < -0.4 is 0 Å². The van der Waals surface area contributed by atoms with Crippen LogP contribution in [0.15, 0.2) is 28.8 Å². The van der Waals surface area contributed by atoms with Crippen LogP contribution in [0.25, 0.3) is 11.3 Å². The van der Waals surface area contributed by atoms with E-state index in [1.807, 2.05) is 13.0 Å². The molecule has 0 saturated carbocycles. The molecule has 0 unspecified atom stereocenters. The molecule has 0 aliphatic rings. The number of benzene rings is 1. The van der Waals surface area contributed by atoms with Gasteiger partial charge in [-0.05, 0) is 37.6 Å². The molecule has 2 nitrogen and oxygen atoms in total. The van der Waals surface area contributed by atoms with Crippen molar-refractivity contribution in [1.82, 2.24) is 5.16 Å². The van der Waals surface area contributed by atoms with Gasteiger partial charge < -0.3 is 4.52 Å². The Balaban J connectivity index is 2.47. The average molecular weight is 191 g/mol. The predicted octanol–water partition coefficient (Wildman–Crippen LogP) is 3.10. The van der Waals surface area contributed by atoms with Gasteiger partial charge in [-0.25, -0.2) is 4.39 Å². The van der Waals surface area contributed by atoms with E-state index in [1.54, 1.807) is 19.1 Å². The lowest BCUT2D eigenvalue weighted by Crippen LogP contribution is -1.82. The van der Waals surface area contributed by atoms with Crippen molar-refractivity contribution in [3.05, 3.63) is 41.3 Å². The first kappa shape index (κ1) is 8.94. The van der Waals surface area contributed by atoms with E-state index in [1.165, 1.54) is 6.07 Å². The minimum Gasteiger partial charge on any atom is -0.356 e. The van der Waals surface area contributed by atoms with E-state index in [9.17, 15) is 4.39 Å². The molecule has 0 amide bonds. The van der Waals surface area contributed by atoms with Crippen molar-refractivity contribution in [2.75, 3.05) is 0 Å². The number of aromatic nitrogens is 1. The minimum atomic E-state index is -0.204. The molecule has 3 heteroatoms. The van der Waals surface area contributed by atoms with Gasteiger partial charge in [-0.15, -0.1) is 0 Å². The highest BCUT2D eigenvalue weighted by molar-refractivity contribution is 5.58. The number of hydrogen-bond donors (Lipinski definition) is 0. The Bertz CT molecular complexity index is 462. The second kappa shape index (κ2) is 3.25. The van der Waals surface area contributed by atoms with E-state index in [0.29, 0.717) is 11.3 Å². The first-order chi connectivity index (χ1) is 6.66. The van der Waals surface area contributed by atoms with Crippen molar-refractivity contribution in [2.45, 2.75) is 13.8 Å². The second-order valence-electron chi connectivity index (χ2n) is 3.30. The summed E-state index contributed by atoms with van der Waals surface area (Å²) in [5, 5.41) is 3.78. The van der Waals surface area contributed by atoms with Gasteiger partial charge in [-0.1, -0.05) is 5.16 Å². The molecule has 2 aromatic rings. The second-order valence-corrected chi connectivity index (χ2v) is 3.30. The fourth-order valence-corrected chi connectivity index (χ4v) is 1.30. The molecule has 1 aromatic heterocycles. The maximum absolute atomic E-state index is 13.0. The molecular weight excluding hydrogens is 181 g/mol. The molecule has 72 valence electrons. The Morgan fingerprint density at radius 2 is 2.00 bits per heavy atom. The Hall–Kier alpha value is -1.64. The highest BCUT2D eigenvalue weighted by Crippen LogP contribution is 2.22. The smallest absolute Gasteiger partial charge is 0.167 e. The first-order valence-corrected chi connectivity index (χ1v) is 4.36. The zero-order valence-corrected chi connectivity index (χ0v) is 8.04. The third kappa shape index (κ3) is 1.53. The van der Waals surface area contributed by atoms with Crippen LogP contribution in [0.2, 0.25) is 0 Å². The lowest BCUT2D eigenvalue weighted by Gasteiger charge is -1.98. The molecule has 0 fully saturated rings. The molecule has 14 heavy (non-hydrogen) atoms. The summed E-state index contributed by atoms with van der Waals surface area (Å²) < 4.78 is 18.0. The SMILES string of the molecule is Cc1cc(-c2ccc(F)c(C)c2)on1. The van der Waals surface area contributed by atoms with Gasteiger partial charge in [-0.2, -0.15) is 0 Å². The molecule has 0 bridgehead atoms. The summed E-state index contributed by atoms with van der Waals surface area (Å²) in [6, 6.07) is 6.69. The van der Waals surface area contributed by atoms with Crippen molar-refractivity contribution in [3.8, 4) is 11.3 Å². The molecule has 1 aromatic carbocycles. The molecule has 0 aliphatic heterocycles. The average Bonchev–Trinajstić information content (AvgIpc) is 2.57. The maximum atomic E-state index is 13.0. The van der Waals surface area contributed by atoms with Crippen LogP contribution in [0.3, 0.4) is 0 Å². The minimum absolute atomic E-state index is 0.204. The summed E-state index contributed by atoms with van der Waals surface area (Å²) >= 11 is 0.